The quantitative estimate of drug-likeness (QED) is 0.691. The SMILES string of the molecule is C=CC(c1ccc(C)cc1)S(=O)(=O)N1CCC(c2ccc(OC)cc2)CC1. The van der Waals surface area contributed by atoms with E-state index >= 15 is 0 Å². The fourth-order valence-electron chi connectivity index (χ4n) is 3.67. The summed E-state index contributed by atoms with van der Waals surface area (Å²) >= 11 is 0. The van der Waals surface area contributed by atoms with Gasteiger partial charge in [0, 0.05) is 13.1 Å². The number of sulfonamides is 1. The topological polar surface area (TPSA) is 46.6 Å². The van der Waals surface area contributed by atoms with Crippen LogP contribution in [0.25, 0.3) is 0 Å². The fraction of sp³-hybridized carbons (Fsp3) is 0.364. The first-order valence-electron chi connectivity index (χ1n) is 9.27. The van der Waals surface area contributed by atoms with E-state index < -0.39 is 15.3 Å². The van der Waals surface area contributed by atoms with E-state index in [0.717, 1.165) is 29.7 Å². The molecule has 1 atom stereocenters. The molecule has 0 N–H and O–H groups in total. The van der Waals surface area contributed by atoms with E-state index in [1.807, 2.05) is 43.3 Å². The minimum Gasteiger partial charge on any atom is -0.497 e. The Morgan fingerprint density at radius 1 is 1.07 bits per heavy atom. The zero-order valence-electron chi connectivity index (χ0n) is 16.0. The number of aryl methyl sites for hydroxylation is 1. The summed E-state index contributed by atoms with van der Waals surface area (Å²) in [6.45, 7) is 6.85. The van der Waals surface area contributed by atoms with Crippen molar-refractivity contribution < 1.29 is 13.2 Å². The third kappa shape index (κ3) is 4.25. The molecule has 0 aromatic heterocycles. The molecule has 0 aliphatic carbocycles. The predicted molar refractivity (Wildman–Crippen MR) is 110 cm³/mol. The Kier molecular flexibility index (Phi) is 6.02. The van der Waals surface area contributed by atoms with Gasteiger partial charge in [-0.25, -0.2) is 12.7 Å². The van der Waals surface area contributed by atoms with Crippen molar-refractivity contribution in [2.45, 2.75) is 30.9 Å². The highest BCUT2D eigenvalue weighted by Crippen LogP contribution is 2.34. The lowest BCUT2D eigenvalue weighted by atomic mass is 9.90. The minimum absolute atomic E-state index is 0.379. The first-order chi connectivity index (χ1) is 13.0. The van der Waals surface area contributed by atoms with Crippen molar-refractivity contribution in [2.24, 2.45) is 0 Å². The molecule has 5 heteroatoms. The van der Waals surface area contributed by atoms with Crippen LogP contribution < -0.4 is 4.74 Å². The molecule has 144 valence electrons. The smallest absolute Gasteiger partial charge is 0.224 e. The van der Waals surface area contributed by atoms with Gasteiger partial charge in [-0.2, -0.15) is 0 Å². The number of rotatable bonds is 6. The Balaban J connectivity index is 1.71. The molecule has 1 fully saturated rings. The lowest BCUT2D eigenvalue weighted by Crippen LogP contribution is -2.40. The largest absolute Gasteiger partial charge is 0.497 e. The van der Waals surface area contributed by atoms with Gasteiger partial charge in [0.15, 0.2) is 0 Å². The number of nitrogens with zero attached hydrogens (tertiary/aromatic N) is 1. The van der Waals surface area contributed by atoms with Crippen LogP contribution in [-0.2, 0) is 10.0 Å². The monoisotopic (exact) mass is 385 g/mol. The first kappa shape index (κ1) is 19.6. The summed E-state index contributed by atoms with van der Waals surface area (Å²) in [4.78, 5) is 0. The summed E-state index contributed by atoms with van der Waals surface area (Å²) in [5.74, 6) is 1.22. The zero-order chi connectivity index (χ0) is 19.4. The molecular formula is C22H27NO3S. The Labute approximate surface area is 162 Å². The van der Waals surface area contributed by atoms with Crippen molar-refractivity contribution in [1.29, 1.82) is 0 Å². The summed E-state index contributed by atoms with van der Waals surface area (Å²) in [6.07, 6.45) is 3.18. The van der Waals surface area contributed by atoms with Crippen LogP contribution in [-0.4, -0.2) is 32.9 Å². The van der Waals surface area contributed by atoms with Crippen LogP contribution in [0.2, 0.25) is 0 Å². The number of hydrogen-bond acceptors (Lipinski definition) is 3. The van der Waals surface area contributed by atoms with E-state index in [2.05, 4.69) is 18.7 Å². The molecular weight excluding hydrogens is 358 g/mol. The highest BCUT2D eigenvalue weighted by molar-refractivity contribution is 7.89. The lowest BCUT2D eigenvalue weighted by Gasteiger charge is -2.33. The second-order valence-electron chi connectivity index (χ2n) is 7.06. The maximum Gasteiger partial charge on any atom is 0.224 e. The lowest BCUT2D eigenvalue weighted by molar-refractivity contribution is 0.317. The van der Waals surface area contributed by atoms with Crippen LogP contribution >= 0.6 is 0 Å². The van der Waals surface area contributed by atoms with Crippen molar-refractivity contribution in [1.82, 2.24) is 4.31 Å². The number of methoxy groups -OCH3 is 1. The van der Waals surface area contributed by atoms with E-state index in [9.17, 15) is 8.42 Å². The van der Waals surface area contributed by atoms with Gasteiger partial charge in [-0.3, -0.25) is 0 Å². The molecule has 2 aromatic carbocycles. The Bertz CT molecular complexity index is 865. The van der Waals surface area contributed by atoms with Gasteiger partial charge in [-0.1, -0.05) is 48.0 Å². The van der Waals surface area contributed by atoms with Gasteiger partial charge < -0.3 is 4.74 Å². The summed E-state index contributed by atoms with van der Waals surface area (Å²) in [5.41, 5.74) is 3.12. The maximum absolute atomic E-state index is 13.2. The Hall–Kier alpha value is -2.11. The molecule has 2 aromatic rings. The third-order valence-electron chi connectivity index (χ3n) is 5.34. The van der Waals surface area contributed by atoms with Crippen LogP contribution in [0.1, 0.15) is 40.7 Å². The molecule has 1 unspecified atom stereocenters. The molecule has 1 aliphatic heterocycles. The Morgan fingerprint density at radius 3 is 2.19 bits per heavy atom. The van der Waals surface area contributed by atoms with E-state index in [-0.39, 0.29) is 0 Å². The van der Waals surface area contributed by atoms with Crippen LogP contribution in [0, 0.1) is 6.92 Å². The molecule has 1 aliphatic rings. The van der Waals surface area contributed by atoms with Gasteiger partial charge in [0.25, 0.3) is 0 Å². The third-order valence-corrected chi connectivity index (χ3v) is 7.53. The van der Waals surface area contributed by atoms with Crippen molar-refractivity contribution in [2.75, 3.05) is 20.2 Å². The molecule has 4 nitrogen and oxygen atoms in total. The molecule has 0 spiro atoms. The average molecular weight is 386 g/mol. The van der Waals surface area contributed by atoms with Gasteiger partial charge in [-0.05, 0) is 48.9 Å². The van der Waals surface area contributed by atoms with Gasteiger partial charge in [-0.15, -0.1) is 6.58 Å². The normalized spacial score (nSPS) is 17.4. The van der Waals surface area contributed by atoms with Crippen molar-refractivity contribution in [3.05, 3.63) is 77.9 Å². The molecule has 1 heterocycles. The summed E-state index contributed by atoms with van der Waals surface area (Å²) in [7, 11) is -1.81. The standard InChI is InChI=1S/C22H27NO3S/c1-4-22(20-7-5-17(2)6-8-20)27(24,25)23-15-13-19(14-16-23)18-9-11-21(26-3)12-10-18/h4-12,19,22H,1,13-16H2,2-3H3. The van der Waals surface area contributed by atoms with E-state index in [4.69, 9.17) is 4.74 Å². The number of hydrogen-bond donors (Lipinski definition) is 0. The predicted octanol–water partition coefficient (Wildman–Crippen LogP) is 4.44. The van der Waals surface area contributed by atoms with Gasteiger partial charge in [0.05, 0.1) is 7.11 Å². The highest BCUT2D eigenvalue weighted by atomic mass is 32.2. The molecule has 3 rings (SSSR count). The van der Waals surface area contributed by atoms with E-state index in [0.29, 0.717) is 19.0 Å². The molecule has 0 amide bonds. The first-order valence-corrected chi connectivity index (χ1v) is 10.8. The second kappa shape index (κ2) is 8.28. The van der Waals surface area contributed by atoms with Crippen molar-refractivity contribution in [3.8, 4) is 5.75 Å². The van der Waals surface area contributed by atoms with Crippen LogP contribution in [0.5, 0.6) is 5.75 Å². The van der Waals surface area contributed by atoms with Gasteiger partial charge in [0.2, 0.25) is 10.0 Å². The van der Waals surface area contributed by atoms with Gasteiger partial charge in [0.1, 0.15) is 11.0 Å². The fourth-order valence-corrected chi connectivity index (χ4v) is 5.45. The molecule has 0 saturated carbocycles. The summed E-state index contributed by atoms with van der Waals surface area (Å²) in [5, 5.41) is -0.698. The molecule has 0 bridgehead atoms. The average Bonchev–Trinajstić information content (AvgIpc) is 2.70. The van der Waals surface area contributed by atoms with E-state index in [1.165, 1.54) is 11.6 Å². The van der Waals surface area contributed by atoms with Crippen molar-refractivity contribution in [3.63, 3.8) is 0 Å². The minimum atomic E-state index is -3.46. The van der Waals surface area contributed by atoms with Crippen LogP contribution in [0.15, 0.2) is 61.2 Å². The van der Waals surface area contributed by atoms with Crippen LogP contribution in [0.4, 0.5) is 0 Å². The zero-order valence-corrected chi connectivity index (χ0v) is 16.8. The summed E-state index contributed by atoms with van der Waals surface area (Å²) < 4.78 is 33.2. The summed E-state index contributed by atoms with van der Waals surface area (Å²) in [6, 6.07) is 15.7. The number of benzene rings is 2. The highest BCUT2D eigenvalue weighted by Gasteiger charge is 2.34. The van der Waals surface area contributed by atoms with Crippen molar-refractivity contribution >= 4 is 10.0 Å². The molecule has 27 heavy (non-hydrogen) atoms. The second-order valence-corrected chi connectivity index (χ2v) is 9.11. The van der Waals surface area contributed by atoms with Crippen LogP contribution in [0.3, 0.4) is 0 Å². The van der Waals surface area contributed by atoms with E-state index in [1.54, 1.807) is 11.4 Å². The molecule has 1 saturated heterocycles. The van der Waals surface area contributed by atoms with Gasteiger partial charge >= 0.3 is 0 Å². The number of piperidine rings is 1. The molecule has 0 radical (unpaired) electrons. The number of ether oxygens (including phenoxy) is 1. The maximum atomic E-state index is 13.2. The Morgan fingerprint density at radius 2 is 1.67 bits per heavy atom.